The molecule has 2 aromatic heterocycles. The molecule has 0 bridgehead atoms. The molecule has 13 N–H and O–H groups in total. The number of carboxylic acid groups (broad SMARTS) is 2. The van der Waals surface area contributed by atoms with Gasteiger partial charge in [-0.05, 0) is 30.7 Å². The maximum Gasteiger partial charge on any atom is 0.326 e. The highest BCUT2D eigenvalue weighted by atomic mass is 16.7. The molecule has 5 rings (SSSR count). The van der Waals surface area contributed by atoms with E-state index in [4.69, 9.17) is 25.1 Å². The summed E-state index contributed by atoms with van der Waals surface area (Å²) in [5.74, 6) is -3.56. The summed E-state index contributed by atoms with van der Waals surface area (Å²) in [6.45, 7) is -1.36. The summed E-state index contributed by atoms with van der Waals surface area (Å²) in [4.78, 5) is 53.9. The number of nitrogens with one attached hydrogen (secondary N) is 2. The number of benzene rings is 1. The minimum atomic E-state index is -1.83. The van der Waals surface area contributed by atoms with Gasteiger partial charge in [0.25, 0.3) is 5.91 Å². The van der Waals surface area contributed by atoms with Crippen LogP contribution in [-0.4, -0.2) is 171 Å². The van der Waals surface area contributed by atoms with Crippen molar-refractivity contribution in [3.63, 3.8) is 0 Å². The number of ether oxygens (including phenoxy) is 3. The van der Waals surface area contributed by atoms with Gasteiger partial charge in [-0.25, -0.2) is 14.8 Å². The second kappa shape index (κ2) is 17.7. The predicted molar refractivity (Wildman–Crippen MR) is 184 cm³/mol. The van der Waals surface area contributed by atoms with Gasteiger partial charge in [0.05, 0.1) is 31.6 Å². The lowest BCUT2D eigenvalue weighted by molar-refractivity contribution is -0.340. The third kappa shape index (κ3) is 9.48. The van der Waals surface area contributed by atoms with Crippen LogP contribution in [0.1, 0.15) is 28.9 Å². The highest BCUT2D eigenvalue weighted by molar-refractivity contribution is 5.97. The number of aromatic nitrogens is 4. The molecule has 55 heavy (non-hydrogen) atoms. The maximum absolute atomic E-state index is 12.6. The fourth-order valence-corrected chi connectivity index (χ4v) is 5.95. The number of nitrogen functional groups attached to an aromatic ring is 1. The Labute approximate surface area is 311 Å². The van der Waals surface area contributed by atoms with Crippen molar-refractivity contribution in [3.8, 4) is 0 Å². The second-order valence-electron chi connectivity index (χ2n) is 12.9. The van der Waals surface area contributed by atoms with Crippen molar-refractivity contribution in [2.45, 2.75) is 86.8 Å². The number of nitrogens with zero attached hydrogens (tertiary/aromatic N) is 5. The molecule has 3 aromatic rings. The molecule has 0 saturated carbocycles. The second-order valence-corrected chi connectivity index (χ2v) is 12.9. The molecule has 0 spiro atoms. The van der Waals surface area contributed by atoms with E-state index in [0.717, 1.165) is 0 Å². The number of carboxylic acids is 2. The average Bonchev–Trinajstić information content (AvgIpc) is 3.16. The van der Waals surface area contributed by atoms with Gasteiger partial charge >= 0.3 is 11.9 Å². The topological polar surface area (TPSA) is 366 Å². The van der Waals surface area contributed by atoms with Gasteiger partial charge in [-0.1, -0.05) is 0 Å². The number of carbonyl (C=O) groups excluding carboxylic acids is 1. The van der Waals surface area contributed by atoms with Crippen molar-refractivity contribution in [2.24, 2.45) is 0 Å². The first kappa shape index (κ1) is 41.2. The summed E-state index contributed by atoms with van der Waals surface area (Å²) in [7, 11) is 1.72. The highest BCUT2D eigenvalue weighted by Crippen LogP contribution is 2.31. The van der Waals surface area contributed by atoms with E-state index in [9.17, 15) is 55.2 Å². The number of aliphatic carboxylic acids is 2. The molecule has 0 radical (unpaired) electrons. The first-order valence-electron chi connectivity index (χ1n) is 16.8. The normalized spacial score (nSPS) is 28.7. The van der Waals surface area contributed by atoms with Gasteiger partial charge in [-0.3, -0.25) is 9.59 Å². The molecule has 1 aromatic carbocycles. The molecule has 4 heterocycles. The van der Waals surface area contributed by atoms with Crippen molar-refractivity contribution >= 4 is 46.5 Å². The summed E-state index contributed by atoms with van der Waals surface area (Å²) in [6, 6.07) is 4.75. The number of aliphatic hydroxyl groups is 7. The molecule has 2 aliphatic rings. The first-order chi connectivity index (χ1) is 26.1. The summed E-state index contributed by atoms with van der Waals surface area (Å²) in [5.41, 5.74) is 7.18. The van der Waals surface area contributed by atoms with Gasteiger partial charge < -0.3 is 81.4 Å². The molecule has 2 saturated heterocycles. The fraction of sp³-hybridized carbons (Fsp3) is 0.531. The van der Waals surface area contributed by atoms with E-state index < -0.39 is 105 Å². The Morgan fingerprint density at radius 2 is 1.60 bits per heavy atom. The van der Waals surface area contributed by atoms with Crippen molar-refractivity contribution in [2.75, 3.05) is 36.2 Å². The number of hydrogen-bond donors (Lipinski definition) is 12. The summed E-state index contributed by atoms with van der Waals surface area (Å²) >= 11 is 0. The lowest BCUT2D eigenvalue weighted by atomic mass is 9.96. The van der Waals surface area contributed by atoms with Gasteiger partial charge in [0.2, 0.25) is 5.95 Å². The van der Waals surface area contributed by atoms with Crippen molar-refractivity contribution < 1.29 is 74.6 Å². The van der Waals surface area contributed by atoms with E-state index in [0.29, 0.717) is 11.4 Å². The number of anilines is 3. The molecular weight excluding hydrogens is 736 g/mol. The monoisotopic (exact) mass is 778 g/mol. The minimum absolute atomic E-state index is 0.0492. The van der Waals surface area contributed by atoms with Gasteiger partial charge in [0.1, 0.15) is 54.9 Å². The fourth-order valence-electron chi connectivity index (χ4n) is 5.95. The van der Waals surface area contributed by atoms with Crippen LogP contribution in [0, 0.1) is 0 Å². The van der Waals surface area contributed by atoms with Crippen LogP contribution in [0.5, 0.6) is 0 Å². The lowest BCUT2D eigenvalue weighted by Gasteiger charge is -2.46. The number of aliphatic hydroxyl groups excluding tert-OH is 7. The Bertz CT molecular complexity index is 1820. The zero-order chi connectivity index (χ0) is 40.1. The molecular formula is C32H42N8O15. The van der Waals surface area contributed by atoms with Crippen LogP contribution in [0.4, 0.5) is 17.5 Å². The Morgan fingerprint density at radius 1 is 0.909 bits per heavy atom. The number of carbonyl (C=O) groups is 3. The Balaban J connectivity index is 1.28. The van der Waals surface area contributed by atoms with E-state index in [1.54, 1.807) is 24.1 Å². The zero-order valence-corrected chi connectivity index (χ0v) is 29.1. The van der Waals surface area contributed by atoms with Crippen LogP contribution in [0.15, 0.2) is 30.5 Å². The first-order valence-corrected chi connectivity index (χ1v) is 16.8. The SMILES string of the molecule is CN(Cc1cnc2nc(N)nc(NC3O[C@H](CO)[C@H](O[C@@H]4O[C@H](CO)[C@H](O)[C@H](O)[C@H]4O)[C@H](O)[C@H]3O)c2n1)c1ccc(C(=O)N[C@@H](CCC(=O)O)C(=O)O)cc1. The lowest BCUT2D eigenvalue weighted by Crippen LogP contribution is -2.65. The molecule has 23 heteroatoms. The van der Waals surface area contributed by atoms with Gasteiger partial charge in [0, 0.05) is 24.7 Å². The van der Waals surface area contributed by atoms with Gasteiger partial charge in [-0.15, -0.1) is 0 Å². The minimum Gasteiger partial charge on any atom is -0.481 e. The number of amides is 1. The van der Waals surface area contributed by atoms with Crippen LogP contribution >= 0.6 is 0 Å². The molecule has 23 nitrogen and oxygen atoms in total. The molecule has 300 valence electrons. The summed E-state index contributed by atoms with van der Waals surface area (Å²) in [6.07, 6.45) is -15.6. The van der Waals surface area contributed by atoms with Gasteiger partial charge in [-0.2, -0.15) is 9.97 Å². The predicted octanol–water partition coefficient (Wildman–Crippen LogP) is -4.28. The van der Waals surface area contributed by atoms with Crippen LogP contribution in [0.3, 0.4) is 0 Å². The van der Waals surface area contributed by atoms with Crippen LogP contribution < -0.4 is 21.3 Å². The maximum atomic E-state index is 12.6. The molecule has 2 aliphatic heterocycles. The van der Waals surface area contributed by atoms with Crippen LogP contribution in [-0.2, 0) is 30.3 Å². The number of nitrogens with two attached hydrogens (primary N) is 1. The van der Waals surface area contributed by atoms with E-state index in [-0.39, 0.29) is 41.5 Å². The molecule has 0 aliphatic carbocycles. The third-order valence-electron chi connectivity index (χ3n) is 8.98. The zero-order valence-electron chi connectivity index (χ0n) is 29.1. The number of rotatable bonds is 15. The standard InChI is InChI=1S/C32H42N8O15/c1-40(14-4-2-12(3-5-14)28(50)36-15(30(51)52)6-7-18(43)44)9-13-8-34-26-19(35-13)27(39-32(33)38-26)37-29-23(48)22(47)25(17(11-42)53-29)55-31-24(49)21(46)20(45)16(10-41)54-31/h2-5,8,15-17,20-25,29,31,41-42,45-49H,6-7,9-11H2,1H3,(H,36,50)(H,43,44)(H,51,52)(H3,33,34,37,38,39)/t15-,16+,17+,20-,21-,22+,23+,24+,25-,29?,31-/m0/s1. The van der Waals surface area contributed by atoms with E-state index in [1.165, 1.54) is 18.3 Å². The quantitative estimate of drug-likeness (QED) is 0.0694. The molecule has 1 unspecified atom stereocenters. The Kier molecular flexibility index (Phi) is 13.2. The van der Waals surface area contributed by atoms with Crippen LogP contribution in [0.2, 0.25) is 0 Å². The van der Waals surface area contributed by atoms with Gasteiger partial charge in [0.15, 0.2) is 29.5 Å². The Hall–Kier alpha value is -4.95. The largest absolute Gasteiger partial charge is 0.481 e. The number of hydrogen-bond acceptors (Lipinski definition) is 20. The van der Waals surface area contributed by atoms with E-state index in [2.05, 4.69) is 30.6 Å². The van der Waals surface area contributed by atoms with Crippen LogP contribution in [0.25, 0.3) is 11.2 Å². The van der Waals surface area contributed by atoms with Crippen molar-refractivity contribution in [1.29, 1.82) is 0 Å². The summed E-state index contributed by atoms with van der Waals surface area (Å²) < 4.78 is 16.7. The number of fused-ring (bicyclic) bond motifs is 1. The third-order valence-corrected chi connectivity index (χ3v) is 8.98. The van der Waals surface area contributed by atoms with E-state index in [1.807, 2.05) is 0 Å². The summed E-state index contributed by atoms with van der Waals surface area (Å²) in [5, 5.41) is 95.6. The van der Waals surface area contributed by atoms with Crippen molar-refractivity contribution in [3.05, 3.63) is 41.7 Å². The molecule has 2 fully saturated rings. The van der Waals surface area contributed by atoms with Crippen molar-refractivity contribution in [1.82, 2.24) is 25.3 Å². The highest BCUT2D eigenvalue weighted by Gasteiger charge is 2.50. The molecule has 11 atom stereocenters. The average molecular weight is 779 g/mol. The Morgan fingerprint density at radius 3 is 2.24 bits per heavy atom. The molecule has 1 amide bonds. The smallest absolute Gasteiger partial charge is 0.326 e. The van der Waals surface area contributed by atoms with E-state index >= 15 is 0 Å².